The minimum atomic E-state index is -1.97. The minimum Gasteiger partial charge on any atom is -0.508 e. The highest BCUT2D eigenvalue weighted by Gasteiger charge is 2.38. The van der Waals surface area contributed by atoms with E-state index in [2.05, 4.69) is 79.8 Å². The van der Waals surface area contributed by atoms with Crippen molar-refractivity contribution >= 4 is 124 Å². The fraction of sp³-hybridized carbons (Fsp3) is 0.551. The molecule has 0 aliphatic rings. The summed E-state index contributed by atoms with van der Waals surface area (Å²) < 4.78 is 0. The Morgan fingerprint density at radius 2 is 0.772 bits per heavy atom. The Balaban J connectivity index is 2.35. The Bertz CT molecular complexity index is 3670. The summed E-state index contributed by atoms with van der Waals surface area (Å²) in [6.45, 7) is 4.37. The lowest BCUT2D eigenvalue weighted by molar-refractivity contribution is -0.142. The summed E-state index contributed by atoms with van der Waals surface area (Å²) in [6, 6.07) is -6.63. The Morgan fingerprint density at radius 3 is 1.22 bits per heavy atom. The number of rotatable bonds is 54. The number of carboxylic acids is 4. The second-order valence-corrected chi connectivity index (χ2v) is 27.7. The molecule has 0 fully saturated rings. The summed E-state index contributed by atoms with van der Waals surface area (Å²) >= 11 is 1.21. The molecule has 0 spiro atoms. The summed E-state index contributed by atoms with van der Waals surface area (Å²) in [7, 11) is 0. The van der Waals surface area contributed by atoms with Crippen molar-refractivity contribution in [3.05, 3.63) is 59.7 Å². The minimum absolute atomic E-state index is 0.0164. The lowest BCUT2D eigenvalue weighted by atomic mass is 9.96. The van der Waals surface area contributed by atoms with Gasteiger partial charge in [0.05, 0.1) is 32.0 Å². The van der Waals surface area contributed by atoms with Crippen LogP contribution in [-0.4, -0.2) is 254 Å². The van der Waals surface area contributed by atoms with Crippen LogP contribution in [0, 0.1) is 28.1 Å². The number of carbonyl (C=O) groups excluding carboxylic acids is 12. The zero-order chi connectivity index (χ0) is 85.9. The van der Waals surface area contributed by atoms with Gasteiger partial charge in [-0.3, -0.25) is 88.1 Å². The number of aromatic hydroxyl groups is 2. The van der Waals surface area contributed by atoms with Gasteiger partial charge in [-0.2, -0.15) is 11.8 Å². The second kappa shape index (κ2) is 51.3. The molecule has 12 atom stereocenters. The maximum atomic E-state index is 14.4. The molecular formula is C69H108N22O22S. The van der Waals surface area contributed by atoms with Gasteiger partial charge in [-0.25, -0.2) is 4.79 Å². The summed E-state index contributed by atoms with van der Waals surface area (Å²) in [6.07, 6.45) is -2.52. The highest BCUT2D eigenvalue weighted by molar-refractivity contribution is 7.98. The first-order valence-corrected chi connectivity index (χ1v) is 37.5. The van der Waals surface area contributed by atoms with Crippen LogP contribution in [0.2, 0.25) is 0 Å². The highest BCUT2D eigenvalue weighted by Crippen LogP contribution is 2.17. The van der Waals surface area contributed by atoms with Crippen LogP contribution in [-0.2, 0) is 89.6 Å². The lowest BCUT2D eigenvalue weighted by Gasteiger charge is -2.30. The molecule has 0 bridgehead atoms. The number of hydrogen-bond acceptors (Lipinski definition) is 23. The average molecular weight is 1630 g/mol. The quantitative estimate of drug-likeness (QED) is 0.0166. The molecule has 0 saturated carbocycles. The van der Waals surface area contributed by atoms with Gasteiger partial charge in [-0.05, 0) is 117 Å². The molecule has 0 aromatic heterocycles. The number of phenolic OH excluding ortho intramolecular Hbond substituents is 2. The average Bonchev–Trinajstić information content (AvgIpc) is 0.853. The molecule has 45 heteroatoms. The van der Waals surface area contributed by atoms with Gasteiger partial charge >= 0.3 is 23.9 Å². The van der Waals surface area contributed by atoms with E-state index in [1.165, 1.54) is 81.1 Å². The van der Waals surface area contributed by atoms with Crippen LogP contribution >= 0.6 is 11.8 Å². The van der Waals surface area contributed by atoms with Crippen LogP contribution in [0.5, 0.6) is 11.5 Å². The van der Waals surface area contributed by atoms with Crippen molar-refractivity contribution in [3.8, 4) is 11.5 Å². The third-order valence-corrected chi connectivity index (χ3v) is 17.7. The highest BCUT2D eigenvalue weighted by atomic mass is 32.2. The number of carbonyl (C=O) groups is 16. The smallest absolute Gasteiger partial charge is 0.326 e. The molecular weight excluding hydrogens is 1520 g/mol. The predicted molar refractivity (Wildman–Crippen MR) is 411 cm³/mol. The molecule has 32 N–H and O–H groups in total. The number of thioether (sulfide) groups is 1. The van der Waals surface area contributed by atoms with Gasteiger partial charge in [0, 0.05) is 32.5 Å². The van der Waals surface area contributed by atoms with Gasteiger partial charge in [0.25, 0.3) is 0 Å². The molecule has 2 rings (SSSR count). The van der Waals surface area contributed by atoms with Crippen molar-refractivity contribution in [3.63, 3.8) is 0 Å². The van der Waals surface area contributed by atoms with Crippen LogP contribution in [0.15, 0.2) is 48.5 Å². The number of nitrogens with two attached hydrogens (primary N) is 4. The summed E-state index contributed by atoms with van der Waals surface area (Å²) in [5.74, 6) is -21.7. The lowest BCUT2D eigenvalue weighted by Crippen LogP contribution is -2.61. The van der Waals surface area contributed by atoms with Crippen molar-refractivity contribution in [2.24, 2.45) is 34.8 Å². The van der Waals surface area contributed by atoms with E-state index in [-0.39, 0.29) is 107 Å². The molecule has 0 aliphatic heterocycles. The van der Waals surface area contributed by atoms with E-state index in [1.807, 2.05) is 0 Å². The number of hydrogen-bond donors (Lipinski definition) is 28. The maximum Gasteiger partial charge on any atom is 0.326 e. The SMILES string of the molecule is CC[C@H](C)[C@H](NC(=O)[C@H](CC(=O)O)NC(=O)CNC(=O)CNC(=O)[C@H](CCC(=O)O)NC(=O)[C@H](CCSC)NC(=O)[C@H](Cc1ccc(O)cc1)NC(=O)[C@H](CC(=O)O)NC(=O)[C@@H](N)Cc1ccc(O)cc1)C(=O)N[C@@H](CCCNC(=N)N)C(=O)N[C@H](C(=O)N[C@@H](CCCNC(=N)N)C(=O)N[C@@H](CCCNC(=N)N)C(=O)O)C(C)C. The van der Waals surface area contributed by atoms with Crippen LogP contribution in [0.3, 0.4) is 0 Å². The Kier molecular flexibility index (Phi) is 44.0. The molecule has 0 heterocycles. The third kappa shape index (κ3) is 39.0. The summed E-state index contributed by atoms with van der Waals surface area (Å²) in [5, 5.41) is 117. The molecule has 0 saturated heterocycles. The Labute approximate surface area is 659 Å². The number of phenols is 2. The van der Waals surface area contributed by atoms with Crippen molar-refractivity contribution in [1.82, 2.24) is 79.8 Å². The van der Waals surface area contributed by atoms with Gasteiger partial charge in [-0.1, -0.05) is 58.4 Å². The van der Waals surface area contributed by atoms with Gasteiger partial charge in [0.2, 0.25) is 70.9 Å². The van der Waals surface area contributed by atoms with E-state index in [4.69, 9.17) is 39.2 Å². The van der Waals surface area contributed by atoms with Gasteiger partial charge in [0.15, 0.2) is 17.9 Å². The zero-order valence-corrected chi connectivity index (χ0v) is 64.5. The van der Waals surface area contributed by atoms with Crippen LogP contribution < -0.4 is 103 Å². The van der Waals surface area contributed by atoms with Crippen LogP contribution in [0.1, 0.15) is 116 Å². The second-order valence-electron chi connectivity index (χ2n) is 26.7. The van der Waals surface area contributed by atoms with E-state index in [1.54, 1.807) is 13.2 Å². The predicted octanol–water partition coefficient (Wildman–Crippen LogP) is -6.57. The molecule has 0 aliphatic carbocycles. The number of benzene rings is 2. The first-order valence-electron chi connectivity index (χ1n) is 36.1. The van der Waals surface area contributed by atoms with E-state index in [0.717, 1.165) is 0 Å². The number of nitrogens with one attached hydrogen (secondary N) is 18. The fourth-order valence-electron chi connectivity index (χ4n) is 10.7. The molecule has 12 amide bonds. The van der Waals surface area contributed by atoms with Crippen molar-refractivity contribution in [2.75, 3.05) is 44.7 Å². The first-order chi connectivity index (χ1) is 53.6. The van der Waals surface area contributed by atoms with E-state index >= 15 is 0 Å². The molecule has 44 nitrogen and oxygen atoms in total. The fourth-order valence-corrected chi connectivity index (χ4v) is 11.1. The van der Waals surface area contributed by atoms with Gasteiger partial charge in [-0.15, -0.1) is 0 Å². The first kappa shape index (κ1) is 97.8. The normalized spacial score (nSPS) is 14.0. The van der Waals surface area contributed by atoms with Crippen molar-refractivity contribution in [2.45, 2.75) is 184 Å². The molecule has 2 aromatic rings. The van der Waals surface area contributed by atoms with Gasteiger partial charge < -0.3 is 133 Å². The van der Waals surface area contributed by atoms with Crippen molar-refractivity contribution in [1.29, 1.82) is 16.2 Å². The largest absolute Gasteiger partial charge is 0.508 e. The van der Waals surface area contributed by atoms with Crippen molar-refractivity contribution < 1.29 is 107 Å². The number of guanidine groups is 3. The summed E-state index contributed by atoms with van der Waals surface area (Å²) in [4.78, 5) is 215. The van der Waals surface area contributed by atoms with E-state index in [9.17, 15) is 107 Å². The van der Waals surface area contributed by atoms with Crippen LogP contribution in [0.25, 0.3) is 0 Å². The number of carboxylic acid groups (broad SMARTS) is 4. The monoisotopic (exact) mass is 1630 g/mol. The summed E-state index contributed by atoms with van der Waals surface area (Å²) in [5.41, 5.74) is 23.1. The van der Waals surface area contributed by atoms with E-state index in [0.29, 0.717) is 11.1 Å². The Morgan fingerprint density at radius 1 is 0.404 bits per heavy atom. The molecule has 114 heavy (non-hydrogen) atoms. The zero-order valence-electron chi connectivity index (χ0n) is 63.7. The number of aliphatic carboxylic acids is 4. The Hall–Kier alpha value is -12.3. The number of amides is 12. The topological polar surface area (TPSA) is 751 Å². The standard InChI is InChI=1S/C69H108N22O22S/c1-6-35(4)55(65(111)86-42(11-8-25-78-68(73)74)60(106)90-54(34(2)3)64(110)85-41(10-7-24-77-67(71)72)58(104)87-45(66(112)113)12-9-26-79-69(75)76)91-63(109)47(30-52(98)99)82-50(95)33-80-49(94)32-81-57(103)43(21-22-51(96)97)83-59(105)44(23-27-114-5)84-61(107)46(29-37-15-19-39(93)20-16-37)89-62(108)48(31-53(100)101)88-56(102)40(70)28-36-13-17-38(92)18-14-36/h13-20,34-35,40-48,54-55,92-93H,6-12,21-33,70H2,1-5H3,(H,80,94)(H,81,103)(H,82,95)(H,83,105)(H,84,107)(H,85,110)(H,86,111)(H,87,104)(H,88,102)(H,89,108)(H,90,106)(H,91,109)(H,96,97)(H,98,99)(H,100,101)(H,112,113)(H4,71,72,77)(H4,73,74,78)(H4,75,76,79)/t35-,40-,41-,42-,43-,44-,45-,46-,47-,48-,54-,55-/m0/s1. The van der Waals surface area contributed by atoms with Gasteiger partial charge in [0.1, 0.15) is 71.9 Å². The molecule has 0 radical (unpaired) electrons. The third-order valence-electron chi connectivity index (χ3n) is 17.0. The maximum absolute atomic E-state index is 14.4. The molecule has 0 unspecified atom stereocenters. The van der Waals surface area contributed by atoms with Crippen LogP contribution in [0.4, 0.5) is 0 Å². The molecule has 2 aromatic carbocycles. The van der Waals surface area contributed by atoms with E-state index < -0.39 is 224 Å². The molecule has 632 valence electrons.